The van der Waals surface area contributed by atoms with E-state index in [0.717, 1.165) is 6.42 Å². The van der Waals surface area contributed by atoms with Crippen LogP contribution in [-0.4, -0.2) is 18.4 Å². The number of carbonyl (C=O) groups excluding carboxylic acids is 1. The van der Waals surface area contributed by atoms with Gasteiger partial charge in [-0.2, -0.15) is 0 Å². The van der Waals surface area contributed by atoms with Crippen molar-refractivity contribution in [3.05, 3.63) is 88.4 Å². The molecule has 1 saturated carbocycles. The number of amides is 2. The van der Waals surface area contributed by atoms with E-state index in [0.29, 0.717) is 39.8 Å². The summed E-state index contributed by atoms with van der Waals surface area (Å²) in [7, 11) is 0. The zero-order valence-electron chi connectivity index (χ0n) is 17.7. The van der Waals surface area contributed by atoms with Gasteiger partial charge in [0, 0.05) is 21.4 Å². The van der Waals surface area contributed by atoms with Gasteiger partial charge < -0.3 is 4.74 Å². The van der Waals surface area contributed by atoms with Gasteiger partial charge in [0.05, 0.1) is 11.6 Å². The first-order valence-electron chi connectivity index (χ1n) is 10.7. The number of benzene rings is 3. The van der Waals surface area contributed by atoms with Crippen LogP contribution in [0.25, 0.3) is 0 Å². The quantitative estimate of drug-likeness (QED) is 0.361. The largest absolute Gasteiger partial charge is 0.573 e. The first kappa shape index (κ1) is 22.9. The molecule has 0 bridgehead atoms. The zero-order chi connectivity index (χ0) is 24.1. The number of hydrogen-bond donors (Lipinski definition) is 0. The van der Waals surface area contributed by atoms with Crippen LogP contribution in [0.5, 0.6) is 5.75 Å². The molecule has 1 saturated heterocycles. The Morgan fingerprint density at radius 3 is 2.15 bits per heavy atom. The van der Waals surface area contributed by atoms with Crippen LogP contribution in [0.3, 0.4) is 0 Å². The van der Waals surface area contributed by atoms with Crippen molar-refractivity contribution in [3.8, 4) is 5.75 Å². The average molecular weight is 507 g/mol. The van der Waals surface area contributed by atoms with E-state index in [2.05, 4.69) is 4.74 Å². The summed E-state index contributed by atoms with van der Waals surface area (Å²) in [6, 6.07) is 19.2. The average Bonchev–Trinajstić information content (AvgIpc) is 3.30. The number of urea groups is 1. The number of hydrogen-bond acceptors (Lipinski definition) is 2. The molecule has 3 aromatic rings. The molecule has 1 aliphatic carbocycles. The second-order valence-electron chi connectivity index (χ2n) is 8.35. The van der Waals surface area contributed by atoms with E-state index in [-0.39, 0.29) is 17.8 Å². The Balaban J connectivity index is 1.68. The maximum atomic E-state index is 14.0. The molecule has 0 aromatic heterocycles. The van der Waals surface area contributed by atoms with Gasteiger partial charge in [-0.15, -0.1) is 13.2 Å². The second-order valence-corrected chi connectivity index (χ2v) is 9.22. The van der Waals surface area contributed by atoms with Crippen molar-refractivity contribution >= 4 is 40.6 Å². The van der Waals surface area contributed by atoms with E-state index < -0.39 is 11.9 Å². The normalized spacial score (nSPS) is 22.3. The Morgan fingerprint density at radius 1 is 0.912 bits per heavy atom. The van der Waals surface area contributed by atoms with Crippen molar-refractivity contribution in [2.24, 2.45) is 0 Å². The number of carbonyl (C=O) groups is 1. The van der Waals surface area contributed by atoms with E-state index >= 15 is 0 Å². The molecule has 1 heterocycles. The fourth-order valence-electron chi connectivity index (χ4n) is 5.24. The molecule has 9 heteroatoms. The van der Waals surface area contributed by atoms with Crippen LogP contribution in [0.1, 0.15) is 24.8 Å². The monoisotopic (exact) mass is 506 g/mol. The van der Waals surface area contributed by atoms with Gasteiger partial charge in [-0.3, -0.25) is 9.80 Å². The van der Waals surface area contributed by atoms with E-state index in [4.69, 9.17) is 23.2 Å². The van der Waals surface area contributed by atoms with Crippen LogP contribution in [-0.2, 0) is 5.54 Å². The smallest absolute Gasteiger partial charge is 0.406 e. The summed E-state index contributed by atoms with van der Waals surface area (Å²) in [6.07, 6.45) is -2.77. The molecular weight excluding hydrogens is 488 g/mol. The summed E-state index contributed by atoms with van der Waals surface area (Å²) < 4.78 is 43.1. The van der Waals surface area contributed by atoms with Gasteiger partial charge in [0.15, 0.2) is 0 Å². The summed E-state index contributed by atoms with van der Waals surface area (Å²) in [5.74, 6) is -0.321. The molecule has 4 nitrogen and oxygen atoms in total. The summed E-state index contributed by atoms with van der Waals surface area (Å²) >= 11 is 12.2. The van der Waals surface area contributed by atoms with E-state index in [1.165, 1.54) is 18.2 Å². The fraction of sp³-hybridized carbons (Fsp3) is 0.240. The minimum absolute atomic E-state index is 0.267. The van der Waals surface area contributed by atoms with Crippen molar-refractivity contribution in [1.29, 1.82) is 0 Å². The van der Waals surface area contributed by atoms with Crippen LogP contribution in [0.4, 0.5) is 29.3 Å². The molecule has 0 radical (unpaired) electrons. The van der Waals surface area contributed by atoms with Crippen molar-refractivity contribution in [2.45, 2.75) is 37.2 Å². The number of nitrogens with zero attached hydrogens (tertiary/aromatic N) is 2. The highest BCUT2D eigenvalue weighted by molar-refractivity contribution is 6.31. The molecule has 2 aliphatic rings. The molecule has 5 rings (SSSR count). The first-order valence-corrected chi connectivity index (χ1v) is 11.5. The van der Waals surface area contributed by atoms with Crippen LogP contribution in [0, 0.1) is 0 Å². The minimum Gasteiger partial charge on any atom is -0.406 e. The Morgan fingerprint density at radius 2 is 1.53 bits per heavy atom. The predicted molar refractivity (Wildman–Crippen MR) is 126 cm³/mol. The van der Waals surface area contributed by atoms with Crippen LogP contribution < -0.4 is 14.5 Å². The summed E-state index contributed by atoms with van der Waals surface area (Å²) in [6.45, 7) is 0. The Bertz CT molecular complexity index is 1220. The number of alkyl halides is 3. The van der Waals surface area contributed by atoms with E-state index in [1.54, 1.807) is 64.4 Å². The lowest BCUT2D eigenvalue weighted by Crippen LogP contribution is -2.46. The lowest BCUT2D eigenvalue weighted by Gasteiger charge is -2.38. The molecule has 0 spiro atoms. The third-order valence-electron chi connectivity index (χ3n) is 6.45. The number of halogens is 5. The number of fused-ring (bicyclic) bond motifs is 1. The van der Waals surface area contributed by atoms with E-state index in [9.17, 15) is 18.0 Å². The first-order chi connectivity index (χ1) is 16.2. The van der Waals surface area contributed by atoms with Gasteiger partial charge in [-0.1, -0.05) is 35.3 Å². The number of anilines is 2. The molecule has 3 aromatic carbocycles. The third kappa shape index (κ3) is 3.87. The van der Waals surface area contributed by atoms with Crippen molar-refractivity contribution < 1.29 is 22.7 Å². The number of ether oxygens (including phenoxy) is 1. The summed E-state index contributed by atoms with van der Waals surface area (Å²) in [5, 5.41) is 1.06. The Hall–Kier alpha value is -2.90. The summed E-state index contributed by atoms with van der Waals surface area (Å²) in [5.41, 5.74) is 0.969. The predicted octanol–water partition coefficient (Wildman–Crippen LogP) is 7.79. The molecule has 2 unspecified atom stereocenters. The molecule has 176 valence electrons. The van der Waals surface area contributed by atoms with Crippen LogP contribution in [0.15, 0.2) is 72.8 Å². The SMILES string of the molecule is O=C1N(c2ccc(Cl)cc2)C2CCCC2(c2cccc(OC(F)(F)F)c2)N1c1ccc(Cl)cc1. The van der Waals surface area contributed by atoms with Crippen molar-refractivity contribution in [3.63, 3.8) is 0 Å². The molecule has 0 N–H and O–H groups in total. The molecule has 2 amide bonds. The fourth-order valence-corrected chi connectivity index (χ4v) is 5.49. The highest BCUT2D eigenvalue weighted by atomic mass is 35.5. The topological polar surface area (TPSA) is 32.8 Å². The summed E-state index contributed by atoms with van der Waals surface area (Å²) in [4.78, 5) is 17.4. The van der Waals surface area contributed by atoms with Crippen LogP contribution in [0.2, 0.25) is 10.0 Å². The Kier molecular flexibility index (Phi) is 5.65. The molecule has 1 aliphatic heterocycles. The second kappa shape index (κ2) is 8.40. The third-order valence-corrected chi connectivity index (χ3v) is 6.96. The Labute approximate surface area is 204 Å². The zero-order valence-corrected chi connectivity index (χ0v) is 19.2. The molecule has 34 heavy (non-hydrogen) atoms. The van der Waals surface area contributed by atoms with Gasteiger partial charge >= 0.3 is 12.4 Å². The van der Waals surface area contributed by atoms with Crippen molar-refractivity contribution in [1.82, 2.24) is 0 Å². The highest BCUT2D eigenvalue weighted by Crippen LogP contribution is 2.54. The van der Waals surface area contributed by atoms with Crippen LogP contribution >= 0.6 is 23.2 Å². The lowest BCUT2D eigenvalue weighted by molar-refractivity contribution is -0.274. The number of rotatable bonds is 4. The minimum atomic E-state index is -4.82. The van der Waals surface area contributed by atoms with Gasteiger partial charge in [0.25, 0.3) is 0 Å². The maximum absolute atomic E-state index is 14.0. The highest BCUT2D eigenvalue weighted by Gasteiger charge is 2.61. The van der Waals surface area contributed by atoms with E-state index in [1.807, 2.05) is 0 Å². The standard InChI is InChI=1S/C25H19Cl2F3N2O2/c26-17-6-10-19(11-7-17)31-22-5-2-14-24(22,16-3-1-4-21(15-16)34-25(28,29)30)32(23(31)33)20-12-8-18(27)9-13-20/h1,3-4,6-13,15,22H,2,5,14H2. The van der Waals surface area contributed by atoms with Gasteiger partial charge in [0.1, 0.15) is 5.75 Å². The van der Waals surface area contributed by atoms with Crippen molar-refractivity contribution in [2.75, 3.05) is 9.80 Å². The van der Waals surface area contributed by atoms with Gasteiger partial charge in [-0.25, -0.2) is 4.79 Å². The molecule has 2 atom stereocenters. The molecule has 2 fully saturated rings. The van der Waals surface area contributed by atoms with Gasteiger partial charge in [-0.05, 0) is 85.5 Å². The maximum Gasteiger partial charge on any atom is 0.573 e. The molecular formula is C25H19Cl2F3N2O2. The van der Waals surface area contributed by atoms with Gasteiger partial charge in [0.2, 0.25) is 0 Å². The lowest BCUT2D eigenvalue weighted by atomic mass is 9.83.